The molecule has 0 amide bonds. The lowest BCUT2D eigenvalue weighted by atomic mass is 10.2. The number of para-hydroxylation sites is 1. The van der Waals surface area contributed by atoms with Crippen molar-refractivity contribution in [2.75, 3.05) is 36.5 Å². The van der Waals surface area contributed by atoms with Crippen molar-refractivity contribution in [1.29, 1.82) is 0 Å². The average molecular weight is 286 g/mol. The Balaban J connectivity index is 2.00. The molecule has 1 aliphatic heterocycles. The van der Waals surface area contributed by atoms with Gasteiger partial charge in [-0.1, -0.05) is 25.0 Å². The summed E-state index contributed by atoms with van der Waals surface area (Å²) in [5.74, 6) is 1.62. The van der Waals surface area contributed by atoms with Crippen LogP contribution in [0.5, 0.6) is 0 Å². The average Bonchev–Trinajstić information content (AvgIpc) is 2.81. The summed E-state index contributed by atoms with van der Waals surface area (Å²) in [5.41, 5.74) is 0.951. The zero-order valence-electron chi connectivity index (χ0n) is 12.3. The maximum Gasteiger partial charge on any atom is 0.225 e. The van der Waals surface area contributed by atoms with Crippen LogP contribution in [0.3, 0.4) is 0 Å². The number of benzene rings is 1. The maximum absolute atomic E-state index is 8.97. The molecule has 0 radical (unpaired) electrons. The topological polar surface area (TPSA) is 61.3 Å². The first-order valence-electron chi connectivity index (χ1n) is 7.75. The second kappa shape index (κ2) is 6.72. The number of aliphatic hydroxyl groups is 1. The molecule has 1 fully saturated rings. The van der Waals surface area contributed by atoms with Crippen LogP contribution in [0, 0.1) is 0 Å². The van der Waals surface area contributed by atoms with Crippen LogP contribution in [0.1, 0.15) is 25.7 Å². The Morgan fingerprint density at radius 2 is 1.81 bits per heavy atom. The molecule has 0 spiro atoms. The molecule has 2 heterocycles. The third-order valence-corrected chi connectivity index (χ3v) is 3.88. The largest absolute Gasteiger partial charge is 0.395 e. The summed E-state index contributed by atoms with van der Waals surface area (Å²) in [7, 11) is 0. The van der Waals surface area contributed by atoms with Crippen molar-refractivity contribution in [3.63, 3.8) is 0 Å². The third kappa shape index (κ3) is 3.24. The smallest absolute Gasteiger partial charge is 0.225 e. The zero-order valence-corrected chi connectivity index (χ0v) is 12.3. The number of fused-ring (bicyclic) bond motifs is 1. The molecule has 21 heavy (non-hydrogen) atoms. The third-order valence-electron chi connectivity index (χ3n) is 3.88. The van der Waals surface area contributed by atoms with Gasteiger partial charge in [0.25, 0.3) is 0 Å². The Morgan fingerprint density at radius 1 is 1.05 bits per heavy atom. The fourth-order valence-electron chi connectivity index (χ4n) is 2.83. The number of hydrogen-bond acceptors (Lipinski definition) is 5. The number of hydrogen-bond donors (Lipinski definition) is 2. The number of nitrogens with one attached hydrogen (secondary N) is 1. The second-order valence-electron chi connectivity index (χ2n) is 5.44. The van der Waals surface area contributed by atoms with E-state index in [0.717, 1.165) is 29.8 Å². The highest BCUT2D eigenvalue weighted by Crippen LogP contribution is 2.27. The fourth-order valence-corrected chi connectivity index (χ4v) is 2.83. The molecule has 5 nitrogen and oxygen atoms in total. The lowest BCUT2D eigenvalue weighted by Crippen LogP contribution is -2.25. The molecule has 1 aliphatic rings. The van der Waals surface area contributed by atoms with E-state index in [9.17, 15) is 0 Å². The van der Waals surface area contributed by atoms with Crippen LogP contribution in [0.4, 0.5) is 11.8 Å². The predicted molar refractivity (Wildman–Crippen MR) is 85.8 cm³/mol. The number of aliphatic hydroxyl groups excluding tert-OH is 1. The minimum Gasteiger partial charge on any atom is -0.395 e. The highest BCUT2D eigenvalue weighted by Gasteiger charge is 2.15. The molecule has 112 valence electrons. The van der Waals surface area contributed by atoms with Crippen LogP contribution in [0.2, 0.25) is 0 Å². The first kappa shape index (κ1) is 14.1. The first-order chi connectivity index (χ1) is 10.4. The number of rotatable bonds is 4. The molecule has 1 aromatic heterocycles. The summed E-state index contributed by atoms with van der Waals surface area (Å²) < 4.78 is 0. The Morgan fingerprint density at radius 3 is 2.57 bits per heavy atom. The van der Waals surface area contributed by atoms with Crippen LogP contribution >= 0.6 is 0 Å². The maximum atomic E-state index is 8.97. The van der Waals surface area contributed by atoms with Crippen LogP contribution in [-0.2, 0) is 0 Å². The predicted octanol–water partition coefficient (Wildman–Crippen LogP) is 2.41. The minimum atomic E-state index is 0.0786. The normalized spacial score (nSPS) is 16.0. The molecule has 1 aromatic carbocycles. The highest BCUT2D eigenvalue weighted by molar-refractivity contribution is 5.90. The Labute approximate surface area is 125 Å². The van der Waals surface area contributed by atoms with Gasteiger partial charge in [0, 0.05) is 25.0 Å². The van der Waals surface area contributed by atoms with E-state index in [1.807, 2.05) is 18.2 Å². The highest BCUT2D eigenvalue weighted by atomic mass is 16.3. The van der Waals surface area contributed by atoms with Gasteiger partial charge in [-0.3, -0.25) is 0 Å². The summed E-state index contributed by atoms with van der Waals surface area (Å²) in [6, 6.07) is 8.14. The molecular formula is C16H22N4O. The minimum absolute atomic E-state index is 0.0786. The van der Waals surface area contributed by atoms with Crippen LogP contribution in [0.25, 0.3) is 10.9 Å². The molecule has 2 N–H and O–H groups in total. The van der Waals surface area contributed by atoms with E-state index in [-0.39, 0.29) is 6.61 Å². The van der Waals surface area contributed by atoms with Crippen LogP contribution in [-0.4, -0.2) is 41.3 Å². The molecule has 0 saturated carbocycles. The lowest BCUT2D eigenvalue weighted by Gasteiger charge is -2.23. The summed E-state index contributed by atoms with van der Waals surface area (Å²) in [6.45, 7) is 2.66. The summed E-state index contributed by atoms with van der Waals surface area (Å²) in [5, 5.41) is 13.2. The van der Waals surface area contributed by atoms with Crippen molar-refractivity contribution in [3.05, 3.63) is 24.3 Å². The van der Waals surface area contributed by atoms with Gasteiger partial charge in [-0.25, -0.2) is 4.98 Å². The van der Waals surface area contributed by atoms with E-state index in [0.29, 0.717) is 12.5 Å². The van der Waals surface area contributed by atoms with Crippen molar-refractivity contribution < 1.29 is 5.11 Å². The van der Waals surface area contributed by atoms with Crippen molar-refractivity contribution >= 4 is 22.7 Å². The zero-order chi connectivity index (χ0) is 14.5. The van der Waals surface area contributed by atoms with E-state index in [2.05, 4.69) is 21.3 Å². The molecular weight excluding hydrogens is 264 g/mol. The van der Waals surface area contributed by atoms with Gasteiger partial charge in [0.15, 0.2) is 0 Å². The van der Waals surface area contributed by atoms with Crippen molar-refractivity contribution in [2.24, 2.45) is 0 Å². The van der Waals surface area contributed by atoms with Crippen molar-refractivity contribution in [1.82, 2.24) is 9.97 Å². The van der Waals surface area contributed by atoms with E-state index < -0.39 is 0 Å². The molecule has 0 aliphatic carbocycles. The Bertz CT molecular complexity index is 594. The number of anilines is 2. The molecule has 0 unspecified atom stereocenters. The SMILES string of the molecule is OCCNc1nc(N2CCCCCC2)c2ccccc2n1. The van der Waals surface area contributed by atoms with Gasteiger partial charge >= 0.3 is 0 Å². The van der Waals surface area contributed by atoms with E-state index >= 15 is 0 Å². The van der Waals surface area contributed by atoms with Gasteiger partial charge in [0.2, 0.25) is 5.95 Å². The van der Waals surface area contributed by atoms with Gasteiger partial charge in [-0.15, -0.1) is 0 Å². The fraction of sp³-hybridized carbons (Fsp3) is 0.500. The molecule has 5 heteroatoms. The summed E-state index contributed by atoms with van der Waals surface area (Å²) in [6.07, 6.45) is 5.04. The van der Waals surface area contributed by atoms with Gasteiger partial charge in [-0.2, -0.15) is 4.98 Å². The van der Waals surface area contributed by atoms with Crippen LogP contribution in [0.15, 0.2) is 24.3 Å². The van der Waals surface area contributed by atoms with Crippen LogP contribution < -0.4 is 10.2 Å². The second-order valence-corrected chi connectivity index (χ2v) is 5.44. The van der Waals surface area contributed by atoms with Gasteiger partial charge in [-0.05, 0) is 25.0 Å². The Kier molecular flexibility index (Phi) is 4.50. The Hall–Kier alpha value is -1.88. The van der Waals surface area contributed by atoms with Gasteiger partial charge in [0.1, 0.15) is 5.82 Å². The molecule has 1 saturated heterocycles. The molecule has 0 atom stereocenters. The molecule has 2 aromatic rings. The van der Waals surface area contributed by atoms with Crippen molar-refractivity contribution in [3.8, 4) is 0 Å². The number of nitrogens with zero attached hydrogens (tertiary/aromatic N) is 3. The van der Waals surface area contributed by atoms with E-state index in [4.69, 9.17) is 10.1 Å². The quantitative estimate of drug-likeness (QED) is 0.904. The molecule has 0 bridgehead atoms. The summed E-state index contributed by atoms with van der Waals surface area (Å²) in [4.78, 5) is 11.6. The van der Waals surface area contributed by atoms with Gasteiger partial charge < -0.3 is 15.3 Å². The lowest BCUT2D eigenvalue weighted by molar-refractivity contribution is 0.311. The van der Waals surface area contributed by atoms with E-state index in [1.165, 1.54) is 25.7 Å². The standard InChI is InChI=1S/C16H22N4O/c21-12-9-17-16-18-14-8-4-3-7-13(14)15(19-16)20-10-5-1-2-6-11-20/h3-4,7-8,21H,1-2,5-6,9-12H2,(H,17,18,19). The van der Waals surface area contributed by atoms with Gasteiger partial charge in [0.05, 0.1) is 12.1 Å². The van der Waals surface area contributed by atoms with Crippen molar-refractivity contribution in [2.45, 2.75) is 25.7 Å². The van der Waals surface area contributed by atoms with E-state index in [1.54, 1.807) is 0 Å². The summed E-state index contributed by atoms with van der Waals surface area (Å²) >= 11 is 0. The first-order valence-corrected chi connectivity index (χ1v) is 7.75. The number of aromatic nitrogens is 2. The monoisotopic (exact) mass is 286 g/mol. The molecule has 3 rings (SSSR count).